The Morgan fingerprint density at radius 1 is 0.875 bits per heavy atom. The van der Waals surface area contributed by atoms with Crippen molar-refractivity contribution < 1.29 is 0 Å². The number of benzene rings is 2. The van der Waals surface area contributed by atoms with Crippen LogP contribution in [0.2, 0.25) is 0 Å². The standard InChI is InChI=1S/C14H12N2/c1-11-15-13-9-5-6-10-14(13)16(11)12-7-3-2-4-8-12/h2-10,15H,1H2. The van der Waals surface area contributed by atoms with Crippen molar-refractivity contribution in [3.05, 3.63) is 67.0 Å². The number of fused-ring (bicyclic) bond motifs is 1. The molecule has 0 aliphatic carbocycles. The maximum absolute atomic E-state index is 4.04. The minimum Gasteiger partial charge on any atom is -0.340 e. The van der Waals surface area contributed by atoms with E-state index in [1.165, 1.54) is 0 Å². The predicted molar refractivity (Wildman–Crippen MR) is 67.8 cm³/mol. The Morgan fingerprint density at radius 2 is 1.56 bits per heavy atom. The van der Waals surface area contributed by atoms with Gasteiger partial charge in [-0.25, -0.2) is 0 Å². The molecule has 0 saturated heterocycles. The van der Waals surface area contributed by atoms with Gasteiger partial charge in [-0.05, 0) is 24.3 Å². The third kappa shape index (κ3) is 1.27. The summed E-state index contributed by atoms with van der Waals surface area (Å²) < 4.78 is 0. The third-order valence-corrected chi connectivity index (χ3v) is 2.71. The van der Waals surface area contributed by atoms with Crippen LogP contribution < -0.4 is 10.2 Å². The zero-order valence-corrected chi connectivity index (χ0v) is 8.85. The second-order valence-electron chi connectivity index (χ2n) is 3.76. The van der Waals surface area contributed by atoms with Gasteiger partial charge < -0.3 is 5.32 Å². The van der Waals surface area contributed by atoms with Gasteiger partial charge in [0.25, 0.3) is 0 Å². The Morgan fingerprint density at radius 3 is 2.38 bits per heavy atom. The van der Waals surface area contributed by atoms with Gasteiger partial charge in [-0.3, -0.25) is 4.90 Å². The van der Waals surface area contributed by atoms with Crippen molar-refractivity contribution in [2.45, 2.75) is 0 Å². The maximum atomic E-state index is 4.04. The normalized spacial score (nSPS) is 13.5. The number of nitrogens with zero attached hydrogens (tertiary/aromatic N) is 1. The van der Waals surface area contributed by atoms with Crippen molar-refractivity contribution in [3.63, 3.8) is 0 Å². The molecule has 0 fully saturated rings. The number of nitrogens with one attached hydrogen (secondary N) is 1. The van der Waals surface area contributed by atoms with Crippen molar-refractivity contribution in [2.24, 2.45) is 0 Å². The molecule has 0 saturated carbocycles. The molecule has 1 aliphatic rings. The topological polar surface area (TPSA) is 15.3 Å². The largest absolute Gasteiger partial charge is 0.340 e. The van der Waals surface area contributed by atoms with E-state index in [2.05, 4.69) is 41.1 Å². The molecule has 0 amide bonds. The van der Waals surface area contributed by atoms with E-state index in [9.17, 15) is 0 Å². The van der Waals surface area contributed by atoms with Crippen LogP contribution in [0.5, 0.6) is 0 Å². The van der Waals surface area contributed by atoms with Crippen LogP contribution in [-0.4, -0.2) is 0 Å². The fourth-order valence-corrected chi connectivity index (χ4v) is 2.00. The number of anilines is 3. The molecule has 78 valence electrons. The van der Waals surface area contributed by atoms with Gasteiger partial charge in [0.2, 0.25) is 0 Å². The first-order chi connectivity index (χ1) is 7.86. The second-order valence-corrected chi connectivity index (χ2v) is 3.76. The molecule has 2 aromatic rings. The Labute approximate surface area is 94.8 Å². The predicted octanol–water partition coefficient (Wildman–Crippen LogP) is 3.72. The zero-order chi connectivity index (χ0) is 11.0. The highest BCUT2D eigenvalue weighted by atomic mass is 15.3. The van der Waals surface area contributed by atoms with Crippen molar-refractivity contribution in [1.82, 2.24) is 0 Å². The fourth-order valence-electron chi connectivity index (χ4n) is 2.00. The fraction of sp³-hybridized carbons (Fsp3) is 0. The maximum Gasteiger partial charge on any atom is 0.108 e. The Bertz CT molecular complexity index is 531. The molecule has 0 aromatic heterocycles. The van der Waals surface area contributed by atoms with Crippen LogP contribution in [0.1, 0.15) is 0 Å². The summed E-state index contributed by atoms with van der Waals surface area (Å²) in [6.45, 7) is 4.04. The van der Waals surface area contributed by atoms with Gasteiger partial charge in [0.05, 0.1) is 11.4 Å². The van der Waals surface area contributed by atoms with Crippen LogP contribution in [0.3, 0.4) is 0 Å². The minimum absolute atomic E-state index is 0.896. The number of para-hydroxylation sites is 3. The summed E-state index contributed by atoms with van der Waals surface area (Å²) in [5.74, 6) is 0.896. The van der Waals surface area contributed by atoms with E-state index in [1.54, 1.807) is 0 Å². The van der Waals surface area contributed by atoms with Crippen molar-refractivity contribution >= 4 is 17.1 Å². The molecule has 0 bridgehead atoms. The van der Waals surface area contributed by atoms with Gasteiger partial charge in [0, 0.05) is 5.69 Å². The molecule has 0 spiro atoms. The zero-order valence-electron chi connectivity index (χ0n) is 8.85. The molecule has 0 unspecified atom stereocenters. The molecule has 1 N–H and O–H groups in total. The summed E-state index contributed by atoms with van der Waals surface area (Å²) in [5.41, 5.74) is 3.39. The smallest absolute Gasteiger partial charge is 0.108 e. The quantitative estimate of drug-likeness (QED) is 0.768. The van der Waals surface area contributed by atoms with E-state index < -0.39 is 0 Å². The lowest BCUT2D eigenvalue weighted by Gasteiger charge is -2.18. The van der Waals surface area contributed by atoms with Gasteiger partial charge in [-0.15, -0.1) is 0 Å². The van der Waals surface area contributed by atoms with E-state index in [1.807, 2.05) is 30.3 Å². The van der Waals surface area contributed by atoms with Crippen LogP contribution in [0.15, 0.2) is 67.0 Å². The van der Waals surface area contributed by atoms with Gasteiger partial charge in [-0.1, -0.05) is 36.9 Å². The molecule has 1 heterocycles. The minimum atomic E-state index is 0.896. The first-order valence-corrected chi connectivity index (χ1v) is 5.26. The molecule has 2 nitrogen and oxygen atoms in total. The van der Waals surface area contributed by atoms with Crippen LogP contribution in [0.25, 0.3) is 0 Å². The lowest BCUT2D eigenvalue weighted by atomic mass is 10.2. The lowest BCUT2D eigenvalue weighted by molar-refractivity contribution is 1.24. The van der Waals surface area contributed by atoms with E-state index >= 15 is 0 Å². The average Bonchev–Trinajstić information content (AvgIpc) is 2.66. The highest BCUT2D eigenvalue weighted by molar-refractivity contribution is 5.86. The molecular formula is C14H12N2. The molecule has 0 atom stereocenters. The molecular weight excluding hydrogens is 196 g/mol. The summed E-state index contributed by atoms with van der Waals surface area (Å²) in [7, 11) is 0. The molecule has 2 aromatic carbocycles. The van der Waals surface area contributed by atoms with Crippen molar-refractivity contribution in [3.8, 4) is 0 Å². The Kier molecular flexibility index (Phi) is 1.93. The Hall–Kier alpha value is -2.22. The number of hydrogen-bond donors (Lipinski definition) is 1. The summed E-state index contributed by atoms with van der Waals surface area (Å²) in [6.07, 6.45) is 0. The van der Waals surface area contributed by atoms with E-state index in [0.717, 1.165) is 22.9 Å². The van der Waals surface area contributed by atoms with E-state index in [0.29, 0.717) is 0 Å². The summed E-state index contributed by atoms with van der Waals surface area (Å²) in [6, 6.07) is 18.4. The van der Waals surface area contributed by atoms with Gasteiger partial charge in [-0.2, -0.15) is 0 Å². The molecule has 3 rings (SSSR count). The van der Waals surface area contributed by atoms with Gasteiger partial charge in [0.1, 0.15) is 5.82 Å². The first kappa shape index (κ1) is 9.04. The summed E-state index contributed by atoms with van der Waals surface area (Å²) >= 11 is 0. The van der Waals surface area contributed by atoms with Crippen LogP contribution >= 0.6 is 0 Å². The molecule has 2 heteroatoms. The lowest BCUT2D eigenvalue weighted by Crippen LogP contribution is -2.12. The SMILES string of the molecule is C=C1Nc2ccccc2N1c1ccccc1. The number of rotatable bonds is 1. The van der Waals surface area contributed by atoms with Crippen molar-refractivity contribution in [1.29, 1.82) is 0 Å². The average molecular weight is 208 g/mol. The van der Waals surface area contributed by atoms with Crippen LogP contribution in [0.4, 0.5) is 17.1 Å². The molecule has 16 heavy (non-hydrogen) atoms. The highest BCUT2D eigenvalue weighted by Gasteiger charge is 2.22. The monoisotopic (exact) mass is 208 g/mol. The number of hydrogen-bond acceptors (Lipinski definition) is 2. The summed E-state index contributed by atoms with van der Waals surface area (Å²) in [4.78, 5) is 2.12. The van der Waals surface area contributed by atoms with Crippen LogP contribution in [0, 0.1) is 0 Å². The van der Waals surface area contributed by atoms with E-state index in [-0.39, 0.29) is 0 Å². The van der Waals surface area contributed by atoms with Gasteiger partial charge in [0.15, 0.2) is 0 Å². The van der Waals surface area contributed by atoms with Gasteiger partial charge >= 0.3 is 0 Å². The third-order valence-electron chi connectivity index (χ3n) is 2.71. The Balaban J connectivity index is 2.13. The second kappa shape index (κ2) is 3.42. The van der Waals surface area contributed by atoms with Crippen molar-refractivity contribution in [2.75, 3.05) is 10.2 Å². The first-order valence-electron chi connectivity index (χ1n) is 5.26. The van der Waals surface area contributed by atoms with Crippen LogP contribution in [-0.2, 0) is 0 Å². The molecule has 0 radical (unpaired) electrons. The molecule has 1 aliphatic heterocycles. The van der Waals surface area contributed by atoms with E-state index in [4.69, 9.17) is 0 Å². The summed E-state index contributed by atoms with van der Waals surface area (Å²) in [5, 5.41) is 3.28. The highest BCUT2D eigenvalue weighted by Crippen LogP contribution is 2.40.